The molecule has 0 saturated carbocycles. The van der Waals surface area contributed by atoms with Gasteiger partial charge in [-0.05, 0) is 85.5 Å². The predicted molar refractivity (Wildman–Crippen MR) is 144 cm³/mol. The molecular formula is C23H13Br4ClN2O3. The van der Waals surface area contributed by atoms with Gasteiger partial charge in [0.1, 0.15) is 12.2 Å². The van der Waals surface area contributed by atoms with Gasteiger partial charge in [-0.15, -0.1) is 0 Å². The van der Waals surface area contributed by atoms with E-state index < -0.39 is 5.91 Å². The third-order valence-electron chi connectivity index (χ3n) is 4.46. The Hall–Kier alpha value is -1.65. The number of ether oxygens (including phenoxy) is 1. The molecule has 0 spiro atoms. The van der Waals surface area contributed by atoms with Gasteiger partial charge in [0.2, 0.25) is 0 Å². The van der Waals surface area contributed by atoms with Crippen LogP contribution in [0.4, 0.5) is 0 Å². The van der Waals surface area contributed by atoms with E-state index in [-0.39, 0.29) is 5.76 Å². The molecule has 0 aliphatic heterocycles. The summed E-state index contributed by atoms with van der Waals surface area (Å²) in [7, 11) is 0. The lowest BCUT2D eigenvalue weighted by Gasteiger charge is -2.11. The van der Waals surface area contributed by atoms with E-state index in [1.165, 1.54) is 6.21 Å². The smallest absolute Gasteiger partial charge is 0.307 e. The molecule has 3 aromatic carbocycles. The second-order valence-corrected chi connectivity index (χ2v) is 10.8. The summed E-state index contributed by atoms with van der Waals surface area (Å²) < 4.78 is 14.8. The maximum Gasteiger partial charge on any atom is 0.307 e. The molecule has 33 heavy (non-hydrogen) atoms. The molecule has 4 aromatic rings. The highest BCUT2D eigenvalue weighted by Gasteiger charge is 2.14. The van der Waals surface area contributed by atoms with Crippen molar-refractivity contribution in [1.29, 1.82) is 0 Å². The first kappa shape index (κ1) is 24.5. The summed E-state index contributed by atoms with van der Waals surface area (Å²) in [4.78, 5) is 12.4. The molecule has 1 heterocycles. The van der Waals surface area contributed by atoms with Gasteiger partial charge < -0.3 is 9.15 Å². The molecule has 0 aliphatic carbocycles. The van der Waals surface area contributed by atoms with E-state index in [9.17, 15) is 4.79 Å². The van der Waals surface area contributed by atoms with E-state index in [2.05, 4.69) is 74.2 Å². The Morgan fingerprint density at radius 3 is 2.48 bits per heavy atom. The Kier molecular flexibility index (Phi) is 7.96. The third kappa shape index (κ3) is 6.08. The molecule has 168 valence electrons. The summed E-state index contributed by atoms with van der Waals surface area (Å²) in [6.45, 7) is 0.374. The number of nitrogens with one attached hydrogen (secondary N) is 1. The fourth-order valence-corrected chi connectivity index (χ4v) is 5.53. The molecule has 0 unspecified atom stereocenters. The van der Waals surface area contributed by atoms with Crippen LogP contribution in [0.2, 0.25) is 5.02 Å². The third-order valence-corrected chi connectivity index (χ3v) is 6.90. The zero-order valence-corrected chi connectivity index (χ0v) is 23.6. The molecule has 0 radical (unpaired) electrons. The minimum absolute atomic E-state index is 0.150. The molecule has 1 amide bonds. The normalized spacial score (nSPS) is 11.3. The number of amides is 1. The van der Waals surface area contributed by atoms with Crippen LogP contribution in [0.3, 0.4) is 0 Å². The van der Waals surface area contributed by atoms with Crippen LogP contribution in [-0.4, -0.2) is 12.1 Å². The van der Waals surface area contributed by atoms with E-state index in [0.29, 0.717) is 33.0 Å². The zero-order valence-electron chi connectivity index (χ0n) is 16.5. The zero-order chi connectivity index (χ0) is 23.5. The first-order chi connectivity index (χ1) is 15.8. The maximum atomic E-state index is 12.4. The summed E-state index contributed by atoms with van der Waals surface area (Å²) in [6, 6.07) is 16.7. The minimum Gasteiger partial charge on any atom is -0.486 e. The van der Waals surface area contributed by atoms with E-state index in [1.807, 2.05) is 36.4 Å². The van der Waals surface area contributed by atoms with E-state index in [1.54, 1.807) is 18.2 Å². The predicted octanol–water partition coefficient (Wildman–Crippen LogP) is 8.48. The molecule has 0 aliphatic rings. The molecule has 1 N–H and O–H groups in total. The van der Waals surface area contributed by atoms with Crippen LogP contribution in [0.15, 0.2) is 82.0 Å². The van der Waals surface area contributed by atoms with E-state index in [4.69, 9.17) is 20.8 Å². The van der Waals surface area contributed by atoms with E-state index >= 15 is 0 Å². The average Bonchev–Trinajstić information content (AvgIpc) is 3.19. The number of halogens is 5. The number of fused-ring (bicyclic) bond motifs is 1. The van der Waals surface area contributed by atoms with Gasteiger partial charge in [0.25, 0.3) is 0 Å². The standard InChI is InChI=1S/C23H13Br4ClN2O3/c24-15-3-1-12(2-4-15)11-32-22-17(26)5-13(6-19(22)28)10-29-30-23(31)20-8-14-7-16(25)9-18(27)21(14)33-20/h1-10H,11H2,(H,30,31)/b29-10-. The van der Waals surface area contributed by atoms with Crippen molar-refractivity contribution in [2.75, 3.05) is 0 Å². The van der Waals surface area contributed by atoms with Crippen LogP contribution in [0.1, 0.15) is 21.7 Å². The molecule has 0 fully saturated rings. The molecule has 4 rings (SSSR count). The van der Waals surface area contributed by atoms with E-state index in [0.717, 1.165) is 24.4 Å². The second kappa shape index (κ2) is 10.7. The quantitative estimate of drug-likeness (QED) is 0.161. The molecule has 10 heteroatoms. The second-order valence-electron chi connectivity index (χ2n) is 6.84. The topological polar surface area (TPSA) is 63.8 Å². The fourth-order valence-electron chi connectivity index (χ4n) is 2.94. The fraction of sp³-hybridized carbons (Fsp3) is 0.0435. The van der Waals surface area contributed by atoms with Crippen molar-refractivity contribution in [2.45, 2.75) is 6.61 Å². The van der Waals surface area contributed by atoms with Crippen LogP contribution in [0, 0.1) is 0 Å². The van der Waals surface area contributed by atoms with Crippen molar-refractivity contribution in [2.24, 2.45) is 5.10 Å². The van der Waals surface area contributed by atoms with Gasteiger partial charge in [0.05, 0.1) is 20.2 Å². The van der Waals surface area contributed by atoms with Gasteiger partial charge in [0, 0.05) is 14.3 Å². The molecule has 0 bridgehead atoms. The van der Waals surface area contributed by atoms with Crippen LogP contribution < -0.4 is 10.2 Å². The number of hydrogen-bond donors (Lipinski definition) is 1. The highest BCUT2D eigenvalue weighted by molar-refractivity contribution is 9.11. The lowest BCUT2D eigenvalue weighted by molar-refractivity contribution is 0.0929. The number of rotatable bonds is 6. The number of hydrazone groups is 1. The number of furan rings is 1. The van der Waals surface area contributed by atoms with Gasteiger partial charge in [-0.1, -0.05) is 55.6 Å². The van der Waals surface area contributed by atoms with Crippen LogP contribution in [0.5, 0.6) is 5.75 Å². The number of hydrogen-bond acceptors (Lipinski definition) is 4. The first-order valence-electron chi connectivity index (χ1n) is 9.38. The number of carbonyl (C=O) groups excluding carboxylic acids is 1. The van der Waals surface area contributed by atoms with Crippen molar-refractivity contribution in [3.05, 3.63) is 94.4 Å². The molecule has 5 nitrogen and oxygen atoms in total. The Bertz CT molecular complexity index is 1350. The van der Waals surface area contributed by atoms with Crippen molar-refractivity contribution >= 4 is 98.4 Å². The lowest BCUT2D eigenvalue weighted by Crippen LogP contribution is -2.16. The first-order valence-corrected chi connectivity index (χ1v) is 12.9. The summed E-state index contributed by atoms with van der Waals surface area (Å²) in [5.74, 6) is 0.210. The maximum absolute atomic E-state index is 12.4. The lowest BCUT2D eigenvalue weighted by atomic mass is 10.2. The van der Waals surface area contributed by atoms with Crippen LogP contribution >= 0.6 is 75.3 Å². The van der Waals surface area contributed by atoms with Gasteiger partial charge in [-0.3, -0.25) is 4.79 Å². The van der Waals surface area contributed by atoms with Crippen molar-refractivity contribution in [3.8, 4) is 5.75 Å². The molecule has 0 atom stereocenters. The Morgan fingerprint density at radius 2 is 1.76 bits per heavy atom. The Morgan fingerprint density at radius 1 is 1.00 bits per heavy atom. The van der Waals surface area contributed by atoms with Gasteiger partial charge in [-0.2, -0.15) is 5.10 Å². The monoisotopic (exact) mass is 716 g/mol. The average molecular weight is 720 g/mol. The van der Waals surface area contributed by atoms with Crippen molar-refractivity contribution < 1.29 is 13.9 Å². The SMILES string of the molecule is O=C(N/N=C\c1cc(Cl)c(OCc2ccc(Br)cc2)c(Br)c1)c1cc2cc(Br)cc(Br)c2o1. The number of carbonyl (C=O) groups is 1. The van der Waals surface area contributed by atoms with Crippen molar-refractivity contribution in [3.63, 3.8) is 0 Å². The van der Waals surface area contributed by atoms with Gasteiger partial charge in [0.15, 0.2) is 11.5 Å². The van der Waals surface area contributed by atoms with Gasteiger partial charge >= 0.3 is 5.91 Å². The minimum atomic E-state index is -0.468. The van der Waals surface area contributed by atoms with Crippen molar-refractivity contribution in [1.82, 2.24) is 5.43 Å². The van der Waals surface area contributed by atoms with Crippen LogP contribution in [-0.2, 0) is 6.61 Å². The Labute approximate surface area is 228 Å². The largest absolute Gasteiger partial charge is 0.486 e. The molecular weight excluding hydrogens is 707 g/mol. The highest BCUT2D eigenvalue weighted by Crippen LogP contribution is 2.35. The number of nitrogens with zero attached hydrogens (tertiary/aromatic N) is 1. The van der Waals surface area contributed by atoms with Crippen LogP contribution in [0.25, 0.3) is 11.0 Å². The summed E-state index contributed by atoms with van der Waals surface area (Å²) in [5, 5.41) is 5.22. The molecule has 1 aromatic heterocycles. The summed E-state index contributed by atoms with van der Waals surface area (Å²) in [6.07, 6.45) is 1.49. The number of benzene rings is 3. The molecule has 0 saturated heterocycles. The summed E-state index contributed by atoms with van der Waals surface area (Å²) >= 11 is 20.1. The van der Waals surface area contributed by atoms with Gasteiger partial charge in [-0.25, -0.2) is 5.43 Å². The Balaban J connectivity index is 1.42. The highest BCUT2D eigenvalue weighted by atomic mass is 79.9. The summed E-state index contributed by atoms with van der Waals surface area (Å²) in [5.41, 5.74) is 4.74.